The molecule has 1 N–H and O–H groups in total. The van der Waals surface area contributed by atoms with Gasteiger partial charge in [-0.1, -0.05) is 18.2 Å². The average Bonchev–Trinajstić information content (AvgIpc) is 2.74. The normalized spacial score (nSPS) is 12.2. The summed E-state index contributed by atoms with van der Waals surface area (Å²) >= 11 is 0. The Bertz CT molecular complexity index is 1090. The minimum absolute atomic E-state index is 0.0199. The van der Waals surface area contributed by atoms with Gasteiger partial charge in [0.05, 0.1) is 19.1 Å². The van der Waals surface area contributed by atoms with Crippen LogP contribution in [0, 0.1) is 5.82 Å². The monoisotopic (exact) mass is 479 g/mol. The molecule has 8 nitrogen and oxygen atoms in total. The number of hydrogen-bond acceptors (Lipinski definition) is 5. The van der Waals surface area contributed by atoms with Gasteiger partial charge < -0.3 is 15.0 Å². The maximum atomic E-state index is 13.7. The Morgan fingerprint density at radius 3 is 2.33 bits per heavy atom. The summed E-state index contributed by atoms with van der Waals surface area (Å²) in [6.07, 6.45) is 0.937. The molecular formula is C23H30FN3O5S. The summed E-state index contributed by atoms with van der Waals surface area (Å²) < 4.78 is 44.7. The number of nitrogens with zero attached hydrogens (tertiary/aromatic N) is 2. The fourth-order valence-corrected chi connectivity index (χ4v) is 4.04. The number of hydrogen-bond donors (Lipinski definition) is 1. The molecule has 0 radical (unpaired) electrons. The summed E-state index contributed by atoms with van der Waals surface area (Å²) in [5.74, 6) is -1.04. The summed E-state index contributed by atoms with van der Waals surface area (Å²) in [5, 5.41) is 2.77. The molecule has 1 unspecified atom stereocenters. The number of carbonyl (C=O) groups is 2. The zero-order chi connectivity index (χ0) is 24.8. The minimum atomic E-state index is -3.91. The molecule has 0 aliphatic carbocycles. The van der Waals surface area contributed by atoms with Gasteiger partial charge in [-0.25, -0.2) is 12.8 Å². The highest BCUT2D eigenvalue weighted by atomic mass is 32.2. The second kappa shape index (κ2) is 11.1. The first-order valence-electron chi connectivity index (χ1n) is 10.4. The predicted molar refractivity (Wildman–Crippen MR) is 125 cm³/mol. The molecule has 0 fully saturated rings. The molecule has 0 aromatic heterocycles. The van der Waals surface area contributed by atoms with Crippen molar-refractivity contribution in [3.8, 4) is 5.75 Å². The van der Waals surface area contributed by atoms with Gasteiger partial charge in [-0.2, -0.15) is 0 Å². The van der Waals surface area contributed by atoms with Crippen LogP contribution in [0.3, 0.4) is 0 Å². The molecular weight excluding hydrogens is 449 g/mol. The predicted octanol–water partition coefficient (Wildman–Crippen LogP) is 2.54. The van der Waals surface area contributed by atoms with E-state index < -0.39 is 34.3 Å². The van der Waals surface area contributed by atoms with Gasteiger partial charge in [0.1, 0.15) is 24.2 Å². The second-order valence-corrected chi connectivity index (χ2v) is 9.87. The fraction of sp³-hybridized carbons (Fsp3) is 0.391. The van der Waals surface area contributed by atoms with Gasteiger partial charge in [0, 0.05) is 12.6 Å². The van der Waals surface area contributed by atoms with Gasteiger partial charge >= 0.3 is 0 Å². The smallest absolute Gasteiger partial charge is 0.244 e. The van der Waals surface area contributed by atoms with Gasteiger partial charge in [-0.15, -0.1) is 0 Å². The Morgan fingerprint density at radius 1 is 1.09 bits per heavy atom. The van der Waals surface area contributed by atoms with Crippen LogP contribution in [-0.4, -0.2) is 57.1 Å². The van der Waals surface area contributed by atoms with Crippen molar-refractivity contribution >= 4 is 27.5 Å². The van der Waals surface area contributed by atoms with E-state index in [0.717, 1.165) is 16.6 Å². The van der Waals surface area contributed by atoms with Crippen LogP contribution in [0.15, 0.2) is 48.5 Å². The van der Waals surface area contributed by atoms with Crippen molar-refractivity contribution in [3.63, 3.8) is 0 Å². The molecule has 1 atom stereocenters. The van der Waals surface area contributed by atoms with E-state index in [2.05, 4.69) is 5.32 Å². The van der Waals surface area contributed by atoms with Crippen LogP contribution in [-0.2, 0) is 26.2 Å². The van der Waals surface area contributed by atoms with Crippen molar-refractivity contribution in [2.75, 3.05) is 24.2 Å². The van der Waals surface area contributed by atoms with E-state index in [1.807, 2.05) is 0 Å². The van der Waals surface area contributed by atoms with E-state index in [9.17, 15) is 22.4 Å². The van der Waals surface area contributed by atoms with Crippen molar-refractivity contribution in [3.05, 3.63) is 59.9 Å². The summed E-state index contributed by atoms with van der Waals surface area (Å²) in [6.45, 7) is 4.63. The molecule has 0 spiro atoms. The number of benzene rings is 2. The highest BCUT2D eigenvalue weighted by molar-refractivity contribution is 7.92. The van der Waals surface area contributed by atoms with Crippen molar-refractivity contribution in [2.24, 2.45) is 0 Å². The number of methoxy groups -OCH3 is 1. The van der Waals surface area contributed by atoms with E-state index in [1.54, 1.807) is 45.0 Å². The molecule has 0 saturated carbocycles. The van der Waals surface area contributed by atoms with Gasteiger partial charge in [-0.3, -0.25) is 13.9 Å². The maximum Gasteiger partial charge on any atom is 0.244 e. The summed E-state index contributed by atoms with van der Waals surface area (Å²) in [4.78, 5) is 27.4. The Kier molecular flexibility index (Phi) is 8.81. The quantitative estimate of drug-likeness (QED) is 0.565. The first kappa shape index (κ1) is 26.1. The third-order valence-electron chi connectivity index (χ3n) is 4.86. The van der Waals surface area contributed by atoms with E-state index in [1.165, 1.54) is 30.2 Å². The van der Waals surface area contributed by atoms with Crippen molar-refractivity contribution in [1.29, 1.82) is 0 Å². The number of sulfonamides is 1. The topological polar surface area (TPSA) is 96.0 Å². The number of anilines is 1. The molecule has 2 amide bonds. The molecule has 2 aromatic rings. The standard InChI is InChI=1S/C23H30FN3O5S/c1-16(2)25-23(29)17(3)26(14-18-8-6-11-21(12-18)32-4)22(28)15-27(33(5,30)31)20-10-7-9-19(24)13-20/h6-13,16-17H,14-15H2,1-5H3,(H,25,29). The van der Waals surface area contributed by atoms with Crippen LogP contribution in [0.25, 0.3) is 0 Å². The average molecular weight is 480 g/mol. The van der Waals surface area contributed by atoms with E-state index >= 15 is 0 Å². The first-order valence-corrected chi connectivity index (χ1v) is 12.2. The van der Waals surface area contributed by atoms with Crippen LogP contribution < -0.4 is 14.4 Å². The number of amides is 2. The summed E-state index contributed by atoms with van der Waals surface area (Å²) in [7, 11) is -2.40. The molecule has 0 saturated heterocycles. The van der Waals surface area contributed by atoms with Crippen LogP contribution in [0.5, 0.6) is 5.75 Å². The maximum absolute atomic E-state index is 13.7. The molecule has 33 heavy (non-hydrogen) atoms. The minimum Gasteiger partial charge on any atom is -0.497 e. The number of rotatable bonds is 10. The molecule has 2 rings (SSSR count). The van der Waals surface area contributed by atoms with Gasteiger partial charge in [0.2, 0.25) is 21.8 Å². The summed E-state index contributed by atoms with van der Waals surface area (Å²) in [6, 6.07) is 11.0. The molecule has 180 valence electrons. The number of ether oxygens (including phenoxy) is 1. The molecule has 2 aromatic carbocycles. The third-order valence-corrected chi connectivity index (χ3v) is 6.00. The number of halogens is 1. The lowest BCUT2D eigenvalue weighted by molar-refractivity contribution is -0.139. The lowest BCUT2D eigenvalue weighted by Gasteiger charge is -2.32. The Labute approximate surface area is 194 Å². The Balaban J connectivity index is 2.40. The molecule has 10 heteroatoms. The van der Waals surface area contributed by atoms with Crippen LogP contribution in [0.1, 0.15) is 26.3 Å². The lowest BCUT2D eigenvalue weighted by atomic mass is 10.1. The van der Waals surface area contributed by atoms with Crippen LogP contribution in [0.4, 0.5) is 10.1 Å². The molecule has 0 heterocycles. The highest BCUT2D eigenvalue weighted by Gasteiger charge is 2.30. The zero-order valence-corrected chi connectivity index (χ0v) is 20.2. The molecule has 0 bridgehead atoms. The van der Waals surface area contributed by atoms with E-state index in [-0.39, 0.29) is 24.2 Å². The lowest BCUT2D eigenvalue weighted by Crippen LogP contribution is -2.52. The summed E-state index contributed by atoms with van der Waals surface area (Å²) in [5.41, 5.74) is 0.718. The number of carbonyl (C=O) groups excluding carboxylic acids is 2. The van der Waals surface area contributed by atoms with Crippen LogP contribution >= 0.6 is 0 Å². The Hall–Kier alpha value is -3.14. The van der Waals surface area contributed by atoms with Crippen molar-refractivity contribution in [1.82, 2.24) is 10.2 Å². The highest BCUT2D eigenvalue weighted by Crippen LogP contribution is 2.21. The number of nitrogens with one attached hydrogen (secondary N) is 1. The van der Waals surface area contributed by atoms with Gasteiger partial charge in [-0.05, 0) is 56.7 Å². The van der Waals surface area contributed by atoms with E-state index in [4.69, 9.17) is 4.74 Å². The van der Waals surface area contributed by atoms with Gasteiger partial charge in [0.15, 0.2) is 0 Å². The van der Waals surface area contributed by atoms with Crippen LogP contribution in [0.2, 0.25) is 0 Å². The Morgan fingerprint density at radius 2 is 1.76 bits per heavy atom. The molecule has 0 aliphatic heterocycles. The molecule has 0 aliphatic rings. The largest absolute Gasteiger partial charge is 0.497 e. The van der Waals surface area contributed by atoms with E-state index in [0.29, 0.717) is 11.3 Å². The first-order chi connectivity index (χ1) is 15.4. The fourth-order valence-electron chi connectivity index (χ4n) is 3.20. The van der Waals surface area contributed by atoms with Crippen molar-refractivity contribution in [2.45, 2.75) is 39.4 Å². The zero-order valence-electron chi connectivity index (χ0n) is 19.4. The third kappa shape index (κ3) is 7.45. The van der Waals surface area contributed by atoms with Gasteiger partial charge in [0.25, 0.3) is 0 Å². The van der Waals surface area contributed by atoms with Crippen molar-refractivity contribution < 1.29 is 27.1 Å². The SMILES string of the molecule is COc1cccc(CN(C(=O)CN(c2cccc(F)c2)S(C)(=O)=O)C(C)C(=O)NC(C)C)c1. The second-order valence-electron chi connectivity index (χ2n) is 7.96.